The molecule has 0 fully saturated rings. The summed E-state index contributed by atoms with van der Waals surface area (Å²) in [6.07, 6.45) is 0. The van der Waals surface area contributed by atoms with Gasteiger partial charge in [-0.3, -0.25) is 0 Å². The molecular weight excluding hydrogens is 256 g/mol. The van der Waals surface area contributed by atoms with Gasteiger partial charge in [0.25, 0.3) is 0 Å². The van der Waals surface area contributed by atoms with E-state index in [-0.39, 0.29) is 11.6 Å². The molecule has 2 aromatic rings. The van der Waals surface area contributed by atoms with Crippen LogP contribution in [-0.4, -0.2) is 0 Å². The van der Waals surface area contributed by atoms with E-state index in [1.807, 2.05) is 0 Å². The fourth-order valence-electron chi connectivity index (χ4n) is 1.65. The highest BCUT2D eigenvalue weighted by atomic mass is 35.5. The first-order chi connectivity index (χ1) is 8.58. The second kappa shape index (κ2) is 5.36. The van der Waals surface area contributed by atoms with Crippen LogP contribution < -0.4 is 5.32 Å². The van der Waals surface area contributed by atoms with Crippen molar-refractivity contribution in [2.45, 2.75) is 13.5 Å². The van der Waals surface area contributed by atoms with Gasteiger partial charge in [-0.2, -0.15) is 0 Å². The normalized spacial score (nSPS) is 10.4. The van der Waals surface area contributed by atoms with Gasteiger partial charge in [0, 0.05) is 22.8 Å². The summed E-state index contributed by atoms with van der Waals surface area (Å²) in [6, 6.07) is 9.05. The van der Waals surface area contributed by atoms with E-state index in [0.29, 0.717) is 22.8 Å². The summed E-state index contributed by atoms with van der Waals surface area (Å²) in [7, 11) is 0. The molecule has 1 N–H and O–H groups in total. The fraction of sp³-hybridized carbons (Fsp3) is 0.143. The molecule has 2 aromatic carbocycles. The number of halogens is 3. The number of hydrogen-bond acceptors (Lipinski definition) is 1. The average molecular weight is 268 g/mol. The van der Waals surface area contributed by atoms with Gasteiger partial charge in [-0.15, -0.1) is 0 Å². The lowest BCUT2D eigenvalue weighted by atomic mass is 10.1. The molecule has 0 saturated heterocycles. The SMILES string of the molecule is Cc1c(F)cccc1NCc1ccc(F)cc1Cl. The minimum atomic E-state index is -0.370. The zero-order chi connectivity index (χ0) is 13.1. The van der Waals surface area contributed by atoms with E-state index in [2.05, 4.69) is 5.32 Å². The Morgan fingerprint density at radius 2 is 1.94 bits per heavy atom. The van der Waals surface area contributed by atoms with Gasteiger partial charge in [0.1, 0.15) is 11.6 Å². The molecule has 0 saturated carbocycles. The lowest BCUT2D eigenvalue weighted by molar-refractivity contribution is 0.619. The summed E-state index contributed by atoms with van der Waals surface area (Å²) in [5.41, 5.74) is 2.02. The topological polar surface area (TPSA) is 12.0 Å². The Bertz CT molecular complexity index is 570. The van der Waals surface area contributed by atoms with Gasteiger partial charge < -0.3 is 5.32 Å². The number of benzene rings is 2. The van der Waals surface area contributed by atoms with E-state index in [0.717, 1.165) is 5.56 Å². The maximum absolute atomic E-state index is 13.3. The van der Waals surface area contributed by atoms with Crippen LogP contribution in [0.25, 0.3) is 0 Å². The molecule has 0 aliphatic rings. The first-order valence-corrected chi connectivity index (χ1v) is 5.88. The molecule has 0 heterocycles. The highest BCUT2D eigenvalue weighted by Crippen LogP contribution is 2.21. The van der Waals surface area contributed by atoms with E-state index >= 15 is 0 Å². The standard InChI is InChI=1S/C14H12ClF2N/c1-9-13(17)3-2-4-14(9)18-8-10-5-6-11(16)7-12(10)15/h2-7,18H,8H2,1H3. The molecule has 2 rings (SSSR count). The molecule has 0 atom stereocenters. The Labute approximate surface area is 109 Å². The molecule has 0 radical (unpaired) electrons. The van der Waals surface area contributed by atoms with Gasteiger partial charge in [0.05, 0.1) is 0 Å². The molecule has 0 bridgehead atoms. The van der Waals surface area contributed by atoms with Crippen molar-refractivity contribution in [2.75, 3.05) is 5.32 Å². The van der Waals surface area contributed by atoms with Crippen LogP contribution in [0.2, 0.25) is 5.02 Å². The van der Waals surface area contributed by atoms with Crippen LogP contribution in [0.15, 0.2) is 36.4 Å². The molecule has 0 aliphatic carbocycles. The number of rotatable bonds is 3. The maximum Gasteiger partial charge on any atom is 0.128 e. The van der Waals surface area contributed by atoms with E-state index in [1.54, 1.807) is 25.1 Å². The monoisotopic (exact) mass is 267 g/mol. The molecule has 1 nitrogen and oxygen atoms in total. The quantitative estimate of drug-likeness (QED) is 0.861. The largest absolute Gasteiger partial charge is 0.381 e. The Balaban J connectivity index is 2.14. The van der Waals surface area contributed by atoms with Crippen LogP contribution in [0.5, 0.6) is 0 Å². The zero-order valence-electron chi connectivity index (χ0n) is 9.81. The molecule has 0 spiro atoms. The van der Waals surface area contributed by atoms with Crippen LogP contribution in [0.1, 0.15) is 11.1 Å². The van der Waals surface area contributed by atoms with Crippen molar-refractivity contribution in [3.63, 3.8) is 0 Å². The van der Waals surface area contributed by atoms with Crippen molar-refractivity contribution in [1.29, 1.82) is 0 Å². The van der Waals surface area contributed by atoms with Gasteiger partial charge in [-0.05, 0) is 36.8 Å². The van der Waals surface area contributed by atoms with Gasteiger partial charge in [-0.25, -0.2) is 8.78 Å². The lowest BCUT2D eigenvalue weighted by Crippen LogP contribution is -2.02. The molecule has 0 aromatic heterocycles. The molecule has 0 aliphatic heterocycles. The molecule has 0 unspecified atom stereocenters. The van der Waals surface area contributed by atoms with E-state index in [9.17, 15) is 8.78 Å². The lowest BCUT2D eigenvalue weighted by Gasteiger charge is -2.11. The number of anilines is 1. The predicted octanol–water partition coefficient (Wildman–Crippen LogP) is 4.54. The van der Waals surface area contributed by atoms with E-state index in [4.69, 9.17) is 11.6 Å². The smallest absolute Gasteiger partial charge is 0.128 e. The van der Waals surface area contributed by atoms with Crippen LogP contribution in [-0.2, 0) is 6.54 Å². The third-order valence-electron chi connectivity index (χ3n) is 2.75. The third kappa shape index (κ3) is 2.79. The molecule has 0 amide bonds. The van der Waals surface area contributed by atoms with Crippen molar-refractivity contribution in [3.8, 4) is 0 Å². The van der Waals surface area contributed by atoms with Crippen molar-refractivity contribution >= 4 is 17.3 Å². The van der Waals surface area contributed by atoms with Crippen LogP contribution in [0.4, 0.5) is 14.5 Å². The third-order valence-corrected chi connectivity index (χ3v) is 3.10. The summed E-state index contributed by atoms with van der Waals surface area (Å²) < 4.78 is 26.2. The van der Waals surface area contributed by atoms with Gasteiger partial charge in [-0.1, -0.05) is 23.7 Å². The number of nitrogens with one attached hydrogen (secondary N) is 1. The second-order valence-electron chi connectivity index (χ2n) is 4.00. The minimum absolute atomic E-state index is 0.259. The van der Waals surface area contributed by atoms with Crippen molar-refractivity contribution in [1.82, 2.24) is 0 Å². The Hall–Kier alpha value is -1.61. The van der Waals surface area contributed by atoms with Crippen molar-refractivity contribution in [3.05, 3.63) is 64.2 Å². The van der Waals surface area contributed by atoms with E-state index in [1.165, 1.54) is 18.2 Å². The van der Waals surface area contributed by atoms with Gasteiger partial charge in [0.2, 0.25) is 0 Å². The van der Waals surface area contributed by atoms with Gasteiger partial charge >= 0.3 is 0 Å². The zero-order valence-corrected chi connectivity index (χ0v) is 10.6. The summed E-state index contributed by atoms with van der Waals surface area (Å²) >= 11 is 5.91. The molecule has 94 valence electrons. The number of hydrogen-bond donors (Lipinski definition) is 1. The average Bonchev–Trinajstić information content (AvgIpc) is 2.33. The van der Waals surface area contributed by atoms with Crippen LogP contribution in [0.3, 0.4) is 0 Å². The Kier molecular flexibility index (Phi) is 3.82. The Morgan fingerprint density at radius 3 is 2.67 bits per heavy atom. The summed E-state index contributed by atoms with van der Waals surface area (Å²) in [4.78, 5) is 0. The minimum Gasteiger partial charge on any atom is -0.381 e. The molecule has 18 heavy (non-hydrogen) atoms. The van der Waals surface area contributed by atoms with E-state index < -0.39 is 0 Å². The molecule has 4 heteroatoms. The first-order valence-electron chi connectivity index (χ1n) is 5.51. The van der Waals surface area contributed by atoms with Crippen molar-refractivity contribution in [2.24, 2.45) is 0 Å². The van der Waals surface area contributed by atoms with Crippen LogP contribution >= 0.6 is 11.6 Å². The van der Waals surface area contributed by atoms with Gasteiger partial charge in [0.15, 0.2) is 0 Å². The van der Waals surface area contributed by atoms with Crippen LogP contribution in [0, 0.1) is 18.6 Å². The highest BCUT2D eigenvalue weighted by molar-refractivity contribution is 6.31. The first kappa shape index (κ1) is 12.8. The highest BCUT2D eigenvalue weighted by Gasteiger charge is 2.05. The summed E-state index contributed by atoms with van der Waals surface area (Å²) in [5, 5.41) is 3.44. The Morgan fingerprint density at radius 1 is 1.17 bits per heavy atom. The summed E-state index contributed by atoms with van der Waals surface area (Å²) in [6.45, 7) is 2.12. The fourth-order valence-corrected chi connectivity index (χ4v) is 1.89. The van der Waals surface area contributed by atoms with Crippen molar-refractivity contribution < 1.29 is 8.78 Å². The predicted molar refractivity (Wildman–Crippen MR) is 69.9 cm³/mol. The molecular formula is C14H12ClF2N. The maximum atomic E-state index is 13.3. The summed E-state index contributed by atoms with van der Waals surface area (Å²) in [5.74, 6) is -0.629. The second-order valence-corrected chi connectivity index (χ2v) is 4.41.